The highest BCUT2D eigenvalue weighted by Gasteiger charge is 2.21. The van der Waals surface area contributed by atoms with Crippen LogP contribution in [0.25, 0.3) is 0 Å². The number of carbonyl (C=O) groups excluding carboxylic acids is 1. The Hall–Kier alpha value is -2.31. The third-order valence-electron chi connectivity index (χ3n) is 2.40. The summed E-state index contributed by atoms with van der Waals surface area (Å²) in [5.41, 5.74) is 4.89. The number of benzene rings is 1. The average Bonchev–Trinajstić information content (AvgIpc) is 2.34. The number of amidine groups is 1. The van der Waals surface area contributed by atoms with Gasteiger partial charge in [0.1, 0.15) is 17.1 Å². The fraction of sp³-hybridized carbons (Fsp3) is 0.273. The number of oxime groups is 1. The monoisotopic (exact) mass is 255 g/mol. The number of nitrogens with two attached hydrogens (primary N) is 1. The second-order valence-electron chi connectivity index (χ2n) is 3.59. The van der Waals surface area contributed by atoms with Gasteiger partial charge in [-0.2, -0.15) is 0 Å². The molecule has 0 bridgehead atoms. The number of amides is 1. The molecule has 0 aliphatic carbocycles. The Morgan fingerprint density at radius 2 is 2.28 bits per heavy atom. The summed E-state index contributed by atoms with van der Waals surface area (Å²) in [4.78, 5) is 11.8. The molecule has 1 atom stereocenters. The highest BCUT2D eigenvalue weighted by atomic mass is 19.1. The Labute approximate surface area is 103 Å². The van der Waals surface area contributed by atoms with Crippen LogP contribution in [0.15, 0.2) is 23.4 Å². The van der Waals surface area contributed by atoms with E-state index in [0.717, 1.165) is 6.07 Å². The Balaban J connectivity index is 2.95. The smallest absolute Gasteiger partial charge is 0.258 e. The van der Waals surface area contributed by atoms with E-state index in [9.17, 15) is 14.3 Å². The first-order valence-corrected chi connectivity index (χ1v) is 5.27. The summed E-state index contributed by atoms with van der Waals surface area (Å²) in [5.74, 6) is -2.34. The number of nitrogens with zero attached hydrogens (tertiary/aromatic N) is 1. The third-order valence-corrected chi connectivity index (χ3v) is 2.40. The molecule has 0 heterocycles. The lowest BCUT2D eigenvalue weighted by Gasteiger charge is -2.15. The van der Waals surface area contributed by atoms with E-state index in [4.69, 9.17) is 10.9 Å². The van der Waals surface area contributed by atoms with Crippen molar-refractivity contribution in [3.8, 4) is 5.75 Å². The molecule has 0 aliphatic rings. The summed E-state index contributed by atoms with van der Waals surface area (Å²) in [7, 11) is 0. The van der Waals surface area contributed by atoms with E-state index in [1.54, 1.807) is 6.92 Å². The summed E-state index contributed by atoms with van der Waals surface area (Å²) >= 11 is 0. The van der Waals surface area contributed by atoms with Gasteiger partial charge in [-0.25, -0.2) is 4.39 Å². The minimum atomic E-state index is -0.845. The fourth-order valence-corrected chi connectivity index (χ4v) is 1.42. The molecule has 1 amide bonds. The fourth-order valence-electron chi connectivity index (χ4n) is 1.42. The summed E-state index contributed by atoms with van der Waals surface area (Å²) in [6.45, 7) is 1.70. The number of phenolic OH excluding ortho intramolecular Hbond substituents is 1. The van der Waals surface area contributed by atoms with Gasteiger partial charge in [0.15, 0.2) is 5.84 Å². The van der Waals surface area contributed by atoms with Crippen molar-refractivity contribution >= 4 is 11.7 Å². The molecule has 1 rings (SSSR count). The van der Waals surface area contributed by atoms with E-state index in [-0.39, 0.29) is 5.84 Å². The first-order chi connectivity index (χ1) is 8.51. The summed E-state index contributed by atoms with van der Waals surface area (Å²) in [6.07, 6.45) is 0.358. The summed E-state index contributed by atoms with van der Waals surface area (Å²) in [6, 6.07) is 2.80. The maximum Gasteiger partial charge on any atom is 0.258 e. The number of phenols is 1. The van der Waals surface area contributed by atoms with Crippen LogP contribution in [0.4, 0.5) is 4.39 Å². The SMILES string of the molecule is CCC(NC(=O)c1c(O)cccc1F)/C(N)=N/O. The zero-order chi connectivity index (χ0) is 13.7. The van der Waals surface area contributed by atoms with Gasteiger partial charge >= 0.3 is 0 Å². The van der Waals surface area contributed by atoms with Crippen LogP contribution >= 0.6 is 0 Å². The highest BCUT2D eigenvalue weighted by Crippen LogP contribution is 2.19. The van der Waals surface area contributed by atoms with Gasteiger partial charge in [0.05, 0.1) is 6.04 Å². The average molecular weight is 255 g/mol. The Kier molecular flexibility index (Phi) is 4.47. The van der Waals surface area contributed by atoms with Gasteiger partial charge in [-0.05, 0) is 18.6 Å². The van der Waals surface area contributed by atoms with E-state index in [2.05, 4.69) is 10.5 Å². The van der Waals surface area contributed by atoms with E-state index in [1.807, 2.05) is 0 Å². The van der Waals surface area contributed by atoms with E-state index in [1.165, 1.54) is 12.1 Å². The first-order valence-electron chi connectivity index (χ1n) is 5.27. The number of hydrogen-bond acceptors (Lipinski definition) is 4. The Morgan fingerprint density at radius 3 is 2.78 bits per heavy atom. The van der Waals surface area contributed by atoms with Crippen molar-refractivity contribution in [3.05, 3.63) is 29.6 Å². The van der Waals surface area contributed by atoms with E-state index < -0.39 is 29.1 Å². The molecule has 1 aromatic rings. The number of hydrogen-bond donors (Lipinski definition) is 4. The molecule has 7 heteroatoms. The summed E-state index contributed by atoms with van der Waals surface area (Å²) < 4.78 is 13.4. The molecule has 0 fully saturated rings. The van der Waals surface area contributed by atoms with Crippen molar-refractivity contribution in [3.63, 3.8) is 0 Å². The quantitative estimate of drug-likeness (QED) is 0.276. The van der Waals surface area contributed by atoms with Gasteiger partial charge in [-0.15, -0.1) is 0 Å². The summed E-state index contributed by atoms with van der Waals surface area (Å²) in [5, 5.41) is 23.1. The molecular formula is C11H14FN3O3. The number of aromatic hydroxyl groups is 1. The van der Waals surface area contributed by atoms with Gasteiger partial charge in [0.25, 0.3) is 5.91 Å². The molecule has 6 nitrogen and oxygen atoms in total. The third kappa shape index (κ3) is 2.88. The molecule has 98 valence electrons. The predicted octanol–water partition coefficient (Wildman–Crippen LogP) is 0.786. The molecule has 0 aliphatic heterocycles. The Morgan fingerprint density at radius 1 is 1.61 bits per heavy atom. The second-order valence-corrected chi connectivity index (χ2v) is 3.59. The van der Waals surface area contributed by atoms with Gasteiger partial charge in [0, 0.05) is 0 Å². The van der Waals surface area contributed by atoms with Crippen molar-refractivity contribution in [1.82, 2.24) is 5.32 Å². The van der Waals surface area contributed by atoms with Crippen LogP contribution in [0.2, 0.25) is 0 Å². The van der Waals surface area contributed by atoms with Gasteiger partial charge in [0.2, 0.25) is 0 Å². The second kappa shape index (κ2) is 5.85. The minimum absolute atomic E-state index is 0.193. The zero-order valence-corrected chi connectivity index (χ0v) is 9.72. The van der Waals surface area contributed by atoms with Gasteiger partial charge in [-0.1, -0.05) is 18.1 Å². The lowest BCUT2D eigenvalue weighted by atomic mass is 10.1. The van der Waals surface area contributed by atoms with E-state index >= 15 is 0 Å². The van der Waals surface area contributed by atoms with Crippen LogP contribution in [0, 0.1) is 5.82 Å². The molecule has 18 heavy (non-hydrogen) atoms. The maximum absolute atomic E-state index is 13.4. The predicted molar refractivity (Wildman–Crippen MR) is 63.0 cm³/mol. The normalized spacial score (nSPS) is 13.1. The number of carbonyl (C=O) groups is 1. The highest BCUT2D eigenvalue weighted by molar-refractivity contribution is 6.00. The molecule has 0 saturated heterocycles. The molecular weight excluding hydrogens is 241 g/mol. The molecule has 0 saturated carbocycles. The molecule has 0 aromatic heterocycles. The van der Waals surface area contributed by atoms with Crippen molar-refractivity contribution in [2.45, 2.75) is 19.4 Å². The zero-order valence-electron chi connectivity index (χ0n) is 9.72. The van der Waals surface area contributed by atoms with Crippen LogP contribution in [0.1, 0.15) is 23.7 Å². The minimum Gasteiger partial charge on any atom is -0.507 e. The largest absolute Gasteiger partial charge is 0.507 e. The lowest BCUT2D eigenvalue weighted by Crippen LogP contribution is -2.44. The molecule has 1 unspecified atom stereocenters. The van der Waals surface area contributed by atoms with E-state index in [0.29, 0.717) is 6.42 Å². The molecule has 1 aromatic carbocycles. The van der Waals surface area contributed by atoms with Crippen molar-refractivity contribution < 1.29 is 19.5 Å². The molecule has 0 radical (unpaired) electrons. The maximum atomic E-state index is 13.4. The lowest BCUT2D eigenvalue weighted by molar-refractivity contribution is 0.0938. The van der Waals surface area contributed by atoms with Gasteiger partial charge in [-0.3, -0.25) is 4.79 Å². The van der Waals surface area contributed by atoms with Crippen molar-refractivity contribution in [2.75, 3.05) is 0 Å². The number of rotatable bonds is 4. The Bertz CT molecular complexity index is 456. The van der Waals surface area contributed by atoms with Crippen LogP contribution < -0.4 is 11.1 Å². The van der Waals surface area contributed by atoms with Crippen LogP contribution in [0.5, 0.6) is 5.75 Å². The standard InChI is InChI=1S/C11H14FN3O3/c1-2-7(10(13)15-18)14-11(17)9-6(12)4-3-5-8(9)16/h3-5,7,16,18H,2H2,1H3,(H2,13,15)(H,14,17). The van der Waals surface area contributed by atoms with Gasteiger partial charge < -0.3 is 21.4 Å². The molecule has 5 N–H and O–H groups in total. The first kappa shape index (κ1) is 13.8. The van der Waals surface area contributed by atoms with Crippen LogP contribution in [-0.4, -0.2) is 28.1 Å². The van der Waals surface area contributed by atoms with Crippen LogP contribution in [0.3, 0.4) is 0 Å². The van der Waals surface area contributed by atoms with Crippen molar-refractivity contribution in [1.29, 1.82) is 0 Å². The molecule has 0 spiro atoms. The number of halogens is 1. The van der Waals surface area contributed by atoms with Crippen molar-refractivity contribution in [2.24, 2.45) is 10.9 Å². The number of nitrogens with one attached hydrogen (secondary N) is 1. The topological polar surface area (TPSA) is 108 Å². The van der Waals surface area contributed by atoms with Crippen LogP contribution in [-0.2, 0) is 0 Å².